The minimum absolute atomic E-state index is 0.0782. The average molecular weight is 408 g/mol. The number of anilines is 1. The molecule has 1 aromatic heterocycles. The van der Waals surface area contributed by atoms with E-state index in [-0.39, 0.29) is 24.2 Å². The van der Waals surface area contributed by atoms with Crippen LogP contribution < -0.4 is 10.2 Å². The number of aliphatic hydroxyl groups excluding tert-OH is 1. The number of aliphatic hydroxyl groups is 1. The first-order chi connectivity index (χ1) is 13.5. The molecule has 0 aliphatic carbocycles. The normalized spacial score (nSPS) is 14.3. The van der Waals surface area contributed by atoms with Crippen molar-refractivity contribution < 1.29 is 19.0 Å². The molecular formula is C17H21FN6O3S. The predicted octanol–water partition coefficient (Wildman–Crippen LogP) is 0.0682. The van der Waals surface area contributed by atoms with E-state index in [1.54, 1.807) is 28.1 Å². The topological polar surface area (TPSA) is 95.8 Å². The number of amides is 1. The quantitative estimate of drug-likeness (QED) is 0.649. The van der Waals surface area contributed by atoms with Crippen LogP contribution in [0.2, 0.25) is 0 Å². The molecule has 1 saturated heterocycles. The highest BCUT2D eigenvalue weighted by atomic mass is 32.1. The van der Waals surface area contributed by atoms with Crippen LogP contribution in [-0.4, -0.2) is 76.0 Å². The number of rotatable bonds is 6. The lowest BCUT2D eigenvalue weighted by atomic mass is 10.2. The summed E-state index contributed by atoms with van der Waals surface area (Å²) in [5, 5.41) is 20.1. The summed E-state index contributed by atoms with van der Waals surface area (Å²) in [6.07, 6.45) is 1.66. The Bertz CT molecular complexity index is 861. The van der Waals surface area contributed by atoms with E-state index in [0.29, 0.717) is 43.2 Å². The second-order valence-electron chi connectivity index (χ2n) is 6.16. The molecule has 2 aromatic rings. The average Bonchev–Trinajstić information content (AvgIpc) is 3.17. The van der Waals surface area contributed by atoms with Crippen molar-refractivity contribution in [2.45, 2.75) is 6.54 Å². The van der Waals surface area contributed by atoms with Gasteiger partial charge in [-0.25, -0.2) is 9.07 Å². The van der Waals surface area contributed by atoms with Crippen LogP contribution in [0.15, 0.2) is 24.4 Å². The summed E-state index contributed by atoms with van der Waals surface area (Å²) in [7, 11) is 1.47. The molecule has 150 valence electrons. The van der Waals surface area contributed by atoms with Crippen LogP contribution in [0.4, 0.5) is 10.1 Å². The smallest absolute Gasteiger partial charge is 0.256 e. The predicted molar refractivity (Wildman–Crippen MR) is 104 cm³/mol. The number of aromatic nitrogens is 3. The number of nitrogens with zero attached hydrogens (tertiary/aromatic N) is 5. The van der Waals surface area contributed by atoms with Crippen molar-refractivity contribution in [3.63, 3.8) is 0 Å². The highest BCUT2D eigenvalue weighted by Crippen LogP contribution is 2.23. The molecule has 1 aromatic carbocycles. The van der Waals surface area contributed by atoms with Crippen molar-refractivity contribution >= 4 is 29.0 Å². The molecule has 3 rings (SSSR count). The maximum Gasteiger partial charge on any atom is 0.256 e. The highest BCUT2D eigenvalue weighted by Gasteiger charge is 2.25. The Hall–Kier alpha value is -2.79. The first kappa shape index (κ1) is 20.0. The van der Waals surface area contributed by atoms with Crippen molar-refractivity contribution in [2.75, 3.05) is 44.8 Å². The Morgan fingerprint density at radius 2 is 2.25 bits per heavy atom. The minimum atomic E-state index is -0.448. The minimum Gasteiger partial charge on any atom is -0.474 e. The zero-order valence-electron chi connectivity index (χ0n) is 15.3. The maximum atomic E-state index is 14.7. The molecule has 0 spiro atoms. The lowest BCUT2D eigenvalue weighted by Crippen LogP contribution is -2.51. The van der Waals surface area contributed by atoms with Crippen LogP contribution >= 0.6 is 12.2 Å². The summed E-state index contributed by atoms with van der Waals surface area (Å²) in [6.45, 7) is 1.58. The Kier molecular flexibility index (Phi) is 6.37. The van der Waals surface area contributed by atoms with Gasteiger partial charge in [-0.2, -0.15) is 0 Å². The van der Waals surface area contributed by atoms with Crippen LogP contribution in [0, 0.1) is 5.82 Å². The number of benzene rings is 1. The van der Waals surface area contributed by atoms with Gasteiger partial charge < -0.3 is 25.0 Å². The van der Waals surface area contributed by atoms with Gasteiger partial charge in [0.05, 0.1) is 44.4 Å². The van der Waals surface area contributed by atoms with Gasteiger partial charge in [-0.15, -0.1) is 5.10 Å². The molecule has 1 amide bonds. The van der Waals surface area contributed by atoms with E-state index >= 15 is 0 Å². The van der Waals surface area contributed by atoms with Crippen LogP contribution in [0.3, 0.4) is 0 Å². The molecule has 0 radical (unpaired) electrons. The van der Waals surface area contributed by atoms with Gasteiger partial charge in [0.15, 0.2) is 0 Å². The van der Waals surface area contributed by atoms with Gasteiger partial charge in [-0.05, 0) is 24.4 Å². The third-order valence-corrected chi connectivity index (χ3v) is 4.68. The SMILES string of the molecule is COC(=S)NCc1cn(-c2ccc(N3CCN(CCO)C(=O)C3)c(F)c2)nn1. The Balaban J connectivity index is 1.69. The molecule has 9 nitrogen and oxygen atoms in total. The van der Waals surface area contributed by atoms with Gasteiger partial charge in [-0.1, -0.05) is 5.21 Å². The van der Waals surface area contributed by atoms with Crippen molar-refractivity contribution in [3.05, 3.63) is 35.9 Å². The summed E-state index contributed by atoms with van der Waals surface area (Å²) in [6, 6.07) is 4.69. The highest BCUT2D eigenvalue weighted by molar-refractivity contribution is 7.80. The number of hydrogen-bond donors (Lipinski definition) is 2. The summed E-state index contributed by atoms with van der Waals surface area (Å²) in [5.41, 5.74) is 1.49. The lowest BCUT2D eigenvalue weighted by molar-refractivity contribution is -0.131. The first-order valence-corrected chi connectivity index (χ1v) is 9.09. The number of piperazine rings is 1. The van der Waals surface area contributed by atoms with Crippen molar-refractivity contribution in [1.29, 1.82) is 0 Å². The second kappa shape index (κ2) is 8.93. The van der Waals surface area contributed by atoms with E-state index in [2.05, 4.69) is 15.6 Å². The molecule has 1 aliphatic heterocycles. The second-order valence-corrected chi connectivity index (χ2v) is 6.53. The van der Waals surface area contributed by atoms with Crippen molar-refractivity contribution in [1.82, 2.24) is 25.2 Å². The standard InChI is InChI=1S/C17H21FN6O3S/c1-27-17(28)19-9-12-10-24(21-20-12)13-2-3-15(14(18)8-13)23-5-4-22(6-7-25)16(26)11-23/h2-3,8,10,25H,4-7,9,11H2,1H3,(H,19,28). The number of carbonyl (C=O) groups excluding carboxylic acids is 1. The largest absolute Gasteiger partial charge is 0.474 e. The first-order valence-electron chi connectivity index (χ1n) is 8.68. The van der Waals surface area contributed by atoms with Gasteiger partial charge in [0.1, 0.15) is 11.5 Å². The van der Waals surface area contributed by atoms with Gasteiger partial charge in [-0.3, -0.25) is 4.79 Å². The van der Waals surface area contributed by atoms with Crippen molar-refractivity contribution in [3.8, 4) is 5.69 Å². The molecule has 0 atom stereocenters. The Labute approximate surface area is 166 Å². The van der Waals surface area contributed by atoms with E-state index in [1.807, 2.05) is 0 Å². The third-order valence-electron chi connectivity index (χ3n) is 4.37. The summed E-state index contributed by atoms with van der Waals surface area (Å²) < 4.78 is 21.0. The number of β-amino-alcohol motifs (C(OH)–C–C–N with tert-alkyl or cyclic N) is 1. The monoisotopic (exact) mass is 408 g/mol. The number of carbonyl (C=O) groups is 1. The molecule has 1 fully saturated rings. The maximum absolute atomic E-state index is 14.7. The molecule has 0 unspecified atom stereocenters. The van der Waals surface area contributed by atoms with Crippen LogP contribution in [0.1, 0.15) is 5.69 Å². The van der Waals surface area contributed by atoms with Crippen LogP contribution in [-0.2, 0) is 16.1 Å². The molecule has 0 bridgehead atoms. The third kappa shape index (κ3) is 4.54. The van der Waals surface area contributed by atoms with E-state index in [9.17, 15) is 9.18 Å². The molecule has 28 heavy (non-hydrogen) atoms. The molecular weight excluding hydrogens is 387 g/mol. The Morgan fingerprint density at radius 1 is 1.43 bits per heavy atom. The molecule has 1 aliphatic rings. The van der Waals surface area contributed by atoms with Gasteiger partial charge in [0.25, 0.3) is 5.17 Å². The fourth-order valence-corrected chi connectivity index (χ4v) is 2.98. The summed E-state index contributed by atoms with van der Waals surface area (Å²) in [5.74, 6) is -0.581. The number of ether oxygens (including phenoxy) is 1. The fraction of sp³-hybridized carbons (Fsp3) is 0.412. The lowest BCUT2D eigenvalue weighted by Gasteiger charge is -2.35. The summed E-state index contributed by atoms with van der Waals surface area (Å²) in [4.78, 5) is 15.4. The van der Waals surface area contributed by atoms with E-state index in [0.717, 1.165) is 0 Å². The van der Waals surface area contributed by atoms with Crippen molar-refractivity contribution in [2.24, 2.45) is 0 Å². The number of methoxy groups -OCH3 is 1. The van der Waals surface area contributed by atoms with Crippen LogP contribution in [0.5, 0.6) is 0 Å². The van der Waals surface area contributed by atoms with E-state index in [4.69, 9.17) is 22.1 Å². The van der Waals surface area contributed by atoms with Gasteiger partial charge in [0.2, 0.25) is 5.91 Å². The van der Waals surface area contributed by atoms with E-state index < -0.39 is 5.82 Å². The number of thiocarbonyl (C=S) groups is 1. The van der Waals surface area contributed by atoms with E-state index in [1.165, 1.54) is 17.9 Å². The zero-order chi connectivity index (χ0) is 20.1. The number of hydrogen-bond acceptors (Lipinski definition) is 7. The molecule has 2 N–H and O–H groups in total. The fourth-order valence-electron chi connectivity index (χ4n) is 2.91. The molecule has 2 heterocycles. The van der Waals surface area contributed by atoms with Gasteiger partial charge in [0, 0.05) is 25.7 Å². The van der Waals surface area contributed by atoms with Crippen LogP contribution in [0.25, 0.3) is 5.69 Å². The Morgan fingerprint density at radius 3 is 2.93 bits per heavy atom. The molecule has 11 heteroatoms. The molecule has 0 saturated carbocycles. The number of nitrogens with one attached hydrogen (secondary N) is 1. The zero-order valence-corrected chi connectivity index (χ0v) is 16.2. The number of halogens is 1. The summed E-state index contributed by atoms with van der Waals surface area (Å²) >= 11 is 4.90. The van der Waals surface area contributed by atoms with Gasteiger partial charge >= 0.3 is 0 Å².